The summed E-state index contributed by atoms with van der Waals surface area (Å²) >= 11 is 0. The van der Waals surface area contributed by atoms with E-state index in [1.165, 1.54) is 26.4 Å². The molecule has 144 valence electrons. The first kappa shape index (κ1) is 18.9. The zero-order chi connectivity index (χ0) is 19.2. The summed E-state index contributed by atoms with van der Waals surface area (Å²) in [4.78, 5) is 24.1. The lowest BCUT2D eigenvalue weighted by molar-refractivity contribution is 0.0946. The molecule has 0 saturated carbocycles. The van der Waals surface area contributed by atoms with E-state index >= 15 is 0 Å². The lowest BCUT2D eigenvalue weighted by atomic mass is 10.1. The highest BCUT2D eigenvalue weighted by Crippen LogP contribution is 2.30. The first-order chi connectivity index (χ1) is 13.1. The number of nitrogens with one attached hydrogen (secondary N) is 1. The molecule has 0 spiro atoms. The highest BCUT2D eigenvalue weighted by molar-refractivity contribution is 5.97. The van der Waals surface area contributed by atoms with Gasteiger partial charge in [-0.25, -0.2) is 9.97 Å². The van der Waals surface area contributed by atoms with E-state index in [0.29, 0.717) is 23.6 Å². The number of carbonyl (C=O) groups is 1. The fraction of sp³-hybridized carbons (Fsp3) is 0.450. The monoisotopic (exact) mass is 370 g/mol. The predicted molar refractivity (Wildman–Crippen MR) is 104 cm³/mol. The van der Waals surface area contributed by atoms with Gasteiger partial charge in [-0.15, -0.1) is 0 Å². The second kappa shape index (κ2) is 8.70. The average Bonchev–Trinajstić information content (AvgIpc) is 2.71. The third-order valence-electron chi connectivity index (χ3n) is 4.61. The zero-order valence-electron chi connectivity index (χ0n) is 16.1. The fourth-order valence-corrected chi connectivity index (χ4v) is 3.27. The van der Waals surface area contributed by atoms with Gasteiger partial charge in [-0.2, -0.15) is 0 Å². The van der Waals surface area contributed by atoms with Gasteiger partial charge in [0.25, 0.3) is 5.91 Å². The number of hydrogen-bond acceptors (Lipinski definition) is 6. The molecule has 1 amide bonds. The highest BCUT2D eigenvalue weighted by atomic mass is 16.5. The second-order valence-electron chi connectivity index (χ2n) is 6.57. The Balaban J connectivity index is 1.73. The number of hydrogen-bond donors (Lipinski definition) is 1. The van der Waals surface area contributed by atoms with Crippen LogP contribution in [0.25, 0.3) is 0 Å². The molecule has 1 aromatic heterocycles. The van der Waals surface area contributed by atoms with Gasteiger partial charge in [0.05, 0.1) is 32.0 Å². The molecule has 1 fully saturated rings. The van der Waals surface area contributed by atoms with Crippen molar-refractivity contribution in [3.8, 4) is 11.5 Å². The molecule has 2 aromatic rings. The molecule has 1 aliphatic rings. The van der Waals surface area contributed by atoms with Crippen molar-refractivity contribution >= 4 is 11.9 Å². The van der Waals surface area contributed by atoms with Crippen molar-refractivity contribution in [3.63, 3.8) is 0 Å². The molecule has 7 nitrogen and oxygen atoms in total. The SMILES string of the molecule is COc1cccc(C(=O)NCc2cc(C)nc(N3CCCCC3)n2)c1OC. The molecule has 27 heavy (non-hydrogen) atoms. The van der Waals surface area contributed by atoms with Crippen LogP contribution in [0.5, 0.6) is 11.5 Å². The average molecular weight is 370 g/mol. The lowest BCUT2D eigenvalue weighted by Crippen LogP contribution is -2.32. The van der Waals surface area contributed by atoms with Crippen LogP contribution in [-0.4, -0.2) is 43.2 Å². The first-order valence-corrected chi connectivity index (χ1v) is 9.21. The summed E-state index contributed by atoms with van der Waals surface area (Å²) in [7, 11) is 3.07. The highest BCUT2D eigenvalue weighted by Gasteiger charge is 2.18. The van der Waals surface area contributed by atoms with E-state index in [2.05, 4.69) is 20.2 Å². The van der Waals surface area contributed by atoms with Gasteiger partial charge >= 0.3 is 0 Å². The second-order valence-corrected chi connectivity index (χ2v) is 6.57. The number of benzene rings is 1. The van der Waals surface area contributed by atoms with Crippen molar-refractivity contribution in [1.29, 1.82) is 0 Å². The van der Waals surface area contributed by atoms with E-state index in [1.54, 1.807) is 25.3 Å². The number of rotatable bonds is 6. The lowest BCUT2D eigenvalue weighted by Gasteiger charge is -2.27. The minimum absolute atomic E-state index is 0.235. The molecule has 0 atom stereocenters. The first-order valence-electron chi connectivity index (χ1n) is 9.21. The fourth-order valence-electron chi connectivity index (χ4n) is 3.27. The Kier molecular flexibility index (Phi) is 6.11. The summed E-state index contributed by atoms with van der Waals surface area (Å²) in [5.74, 6) is 1.46. The molecular weight excluding hydrogens is 344 g/mol. The van der Waals surface area contributed by atoms with E-state index in [0.717, 1.165) is 30.4 Å². The number of piperidine rings is 1. The van der Waals surface area contributed by atoms with Crippen molar-refractivity contribution in [1.82, 2.24) is 15.3 Å². The molecule has 1 N–H and O–H groups in total. The molecule has 0 bridgehead atoms. The van der Waals surface area contributed by atoms with E-state index < -0.39 is 0 Å². The minimum Gasteiger partial charge on any atom is -0.493 e. The molecule has 0 radical (unpaired) electrons. The maximum Gasteiger partial charge on any atom is 0.255 e. The molecule has 1 aromatic carbocycles. The predicted octanol–water partition coefficient (Wildman–Crippen LogP) is 2.72. The Morgan fingerprint density at radius 2 is 1.93 bits per heavy atom. The largest absolute Gasteiger partial charge is 0.493 e. The van der Waals surface area contributed by atoms with Gasteiger partial charge in [-0.3, -0.25) is 4.79 Å². The maximum absolute atomic E-state index is 12.6. The number of amides is 1. The van der Waals surface area contributed by atoms with Crippen molar-refractivity contribution < 1.29 is 14.3 Å². The van der Waals surface area contributed by atoms with E-state index in [4.69, 9.17) is 9.47 Å². The number of ether oxygens (including phenoxy) is 2. The molecule has 0 unspecified atom stereocenters. The van der Waals surface area contributed by atoms with Crippen LogP contribution in [0.2, 0.25) is 0 Å². The van der Waals surface area contributed by atoms with Gasteiger partial charge in [-0.1, -0.05) is 6.07 Å². The molecule has 3 rings (SSSR count). The Labute approximate surface area is 159 Å². The van der Waals surface area contributed by atoms with Crippen LogP contribution in [0.4, 0.5) is 5.95 Å². The van der Waals surface area contributed by atoms with Gasteiger partial charge in [0, 0.05) is 18.8 Å². The number of nitrogens with zero attached hydrogens (tertiary/aromatic N) is 3. The van der Waals surface area contributed by atoms with Crippen LogP contribution in [0.3, 0.4) is 0 Å². The van der Waals surface area contributed by atoms with E-state index in [1.807, 2.05) is 13.0 Å². The maximum atomic E-state index is 12.6. The van der Waals surface area contributed by atoms with Gasteiger partial charge in [0.1, 0.15) is 0 Å². The van der Waals surface area contributed by atoms with E-state index in [9.17, 15) is 4.79 Å². The van der Waals surface area contributed by atoms with Crippen LogP contribution in [0, 0.1) is 6.92 Å². The Morgan fingerprint density at radius 1 is 1.15 bits per heavy atom. The topological polar surface area (TPSA) is 76.6 Å². The van der Waals surface area contributed by atoms with Gasteiger partial charge in [0.15, 0.2) is 11.5 Å². The number of aromatic nitrogens is 2. The molecule has 1 aliphatic heterocycles. The smallest absolute Gasteiger partial charge is 0.255 e. The number of methoxy groups -OCH3 is 2. The molecule has 0 aliphatic carbocycles. The van der Waals surface area contributed by atoms with Crippen molar-refractivity contribution in [2.24, 2.45) is 0 Å². The van der Waals surface area contributed by atoms with Crippen molar-refractivity contribution in [2.45, 2.75) is 32.7 Å². The summed E-state index contributed by atoms with van der Waals surface area (Å²) in [6, 6.07) is 7.13. The summed E-state index contributed by atoms with van der Waals surface area (Å²) in [6.45, 7) is 4.24. The third-order valence-corrected chi connectivity index (χ3v) is 4.61. The molecule has 2 heterocycles. The van der Waals surface area contributed by atoms with E-state index in [-0.39, 0.29) is 5.91 Å². The van der Waals surface area contributed by atoms with Crippen molar-refractivity contribution in [3.05, 3.63) is 41.2 Å². The quantitative estimate of drug-likeness (QED) is 0.843. The minimum atomic E-state index is -0.235. The Morgan fingerprint density at radius 3 is 2.63 bits per heavy atom. The molecular formula is C20H26N4O3. The number of carbonyl (C=O) groups excluding carboxylic acids is 1. The van der Waals surface area contributed by atoms with Crippen LogP contribution < -0.4 is 19.7 Å². The zero-order valence-corrected chi connectivity index (χ0v) is 16.1. The van der Waals surface area contributed by atoms with Crippen LogP contribution in [0.15, 0.2) is 24.3 Å². The number of para-hydroxylation sites is 1. The van der Waals surface area contributed by atoms with Gasteiger partial charge in [0.2, 0.25) is 5.95 Å². The van der Waals surface area contributed by atoms with Crippen LogP contribution >= 0.6 is 0 Å². The third kappa shape index (κ3) is 4.48. The number of anilines is 1. The van der Waals surface area contributed by atoms with Crippen LogP contribution in [0.1, 0.15) is 41.0 Å². The van der Waals surface area contributed by atoms with Crippen molar-refractivity contribution in [2.75, 3.05) is 32.2 Å². The molecule has 1 saturated heterocycles. The van der Waals surface area contributed by atoms with Gasteiger partial charge < -0.3 is 19.7 Å². The van der Waals surface area contributed by atoms with Gasteiger partial charge in [-0.05, 0) is 44.4 Å². The Bertz CT molecular complexity index is 804. The van der Waals surface area contributed by atoms with Crippen LogP contribution in [-0.2, 0) is 6.54 Å². The number of aryl methyl sites for hydroxylation is 1. The molecule has 7 heteroatoms. The standard InChI is InChI=1S/C20H26N4O3/c1-14-12-15(23-20(22-14)24-10-5-4-6-11-24)13-21-19(25)16-8-7-9-17(26-2)18(16)27-3/h7-9,12H,4-6,10-11,13H2,1-3H3,(H,21,25). The summed E-state index contributed by atoms with van der Waals surface area (Å²) in [6.07, 6.45) is 3.59. The normalized spacial score (nSPS) is 14.0. The Hall–Kier alpha value is -2.83. The summed E-state index contributed by atoms with van der Waals surface area (Å²) in [5.41, 5.74) is 2.12. The summed E-state index contributed by atoms with van der Waals surface area (Å²) in [5, 5.41) is 2.92. The summed E-state index contributed by atoms with van der Waals surface area (Å²) < 4.78 is 10.6.